The Morgan fingerprint density at radius 2 is 1.91 bits per heavy atom. The number of ether oxygens (including phenoxy) is 1. The molecule has 0 atom stereocenters. The van der Waals surface area contributed by atoms with Crippen molar-refractivity contribution in [2.45, 2.75) is 45.4 Å². The fraction of sp³-hybridized carbons (Fsp3) is 0.778. The average Bonchev–Trinajstić information content (AvgIpc) is 2.04. The van der Waals surface area contributed by atoms with Crippen molar-refractivity contribution in [2.24, 2.45) is 0 Å². The van der Waals surface area contributed by atoms with Crippen LogP contribution in [-0.2, 0) is 9.53 Å². The smallest absolute Gasteiger partial charge is 0.305 e. The molecule has 0 aromatic rings. The third kappa shape index (κ3) is 7.37. The molecule has 0 saturated heterocycles. The van der Waals surface area contributed by atoms with Crippen LogP contribution >= 0.6 is 0 Å². The minimum atomic E-state index is -0.193. The molecule has 2 nitrogen and oxygen atoms in total. The molecular weight excluding hydrogens is 140 g/mol. The van der Waals surface area contributed by atoms with E-state index in [4.69, 9.17) is 0 Å². The van der Waals surface area contributed by atoms with Gasteiger partial charge in [-0.1, -0.05) is 32.6 Å². The molecule has 65 valence electrons. The predicted molar refractivity (Wildman–Crippen MR) is 44.8 cm³/mol. The molecule has 0 aliphatic rings. The number of carbonyl (C=O) groups excluding carboxylic acids is 1. The minimum absolute atomic E-state index is 0.193. The molecular formula is C9H17O2. The van der Waals surface area contributed by atoms with Gasteiger partial charge in [-0.05, 0) is 6.42 Å². The largest absolute Gasteiger partial charge is 0.462 e. The first-order valence-electron chi connectivity index (χ1n) is 4.26. The summed E-state index contributed by atoms with van der Waals surface area (Å²) >= 11 is 0. The van der Waals surface area contributed by atoms with Crippen LogP contribution in [-0.4, -0.2) is 5.97 Å². The van der Waals surface area contributed by atoms with Gasteiger partial charge in [0.05, 0.1) is 0 Å². The van der Waals surface area contributed by atoms with Crippen LogP contribution in [0.4, 0.5) is 0 Å². The van der Waals surface area contributed by atoms with Gasteiger partial charge in [-0.25, -0.2) is 0 Å². The van der Waals surface area contributed by atoms with Crippen LogP contribution in [0, 0.1) is 7.11 Å². The maximum atomic E-state index is 10.6. The Hall–Kier alpha value is -0.530. The first-order chi connectivity index (χ1) is 5.31. The number of esters is 1. The summed E-state index contributed by atoms with van der Waals surface area (Å²) in [5.74, 6) is -0.193. The SMILES string of the molecule is [CH2]OC(=O)CCCCCCC. The van der Waals surface area contributed by atoms with Crippen molar-refractivity contribution in [1.82, 2.24) is 0 Å². The van der Waals surface area contributed by atoms with Crippen molar-refractivity contribution in [3.63, 3.8) is 0 Å². The third-order valence-electron chi connectivity index (χ3n) is 1.65. The van der Waals surface area contributed by atoms with Crippen LogP contribution < -0.4 is 0 Å². The van der Waals surface area contributed by atoms with Crippen molar-refractivity contribution in [3.05, 3.63) is 7.11 Å². The standard InChI is InChI=1S/C9H17O2/c1-3-4-5-6-7-8-9(10)11-2/h2-8H2,1H3. The second-order valence-electron chi connectivity index (χ2n) is 2.68. The van der Waals surface area contributed by atoms with Gasteiger partial charge in [-0.15, -0.1) is 0 Å². The van der Waals surface area contributed by atoms with Crippen LogP contribution in [0.1, 0.15) is 45.4 Å². The van der Waals surface area contributed by atoms with Crippen molar-refractivity contribution >= 4 is 5.97 Å². The van der Waals surface area contributed by atoms with E-state index in [2.05, 4.69) is 18.8 Å². The molecule has 0 N–H and O–H groups in total. The van der Waals surface area contributed by atoms with Gasteiger partial charge >= 0.3 is 5.97 Å². The van der Waals surface area contributed by atoms with Gasteiger partial charge in [0.2, 0.25) is 0 Å². The molecule has 0 heterocycles. The summed E-state index contributed by atoms with van der Waals surface area (Å²) in [5, 5.41) is 0. The number of hydrogen-bond acceptors (Lipinski definition) is 2. The summed E-state index contributed by atoms with van der Waals surface area (Å²) in [7, 11) is 3.05. The lowest BCUT2D eigenvalue weighted by atomic mass is 10.1. The molecule has 0 aliphatic carbocycles. The molecule has 0 aromatic carbocycles. The fourth-order valence-electron chi connectivity index (χ4n) is 0.945. The second kappa shape index (κ2) is 7.58. The topological polar surface area (TPSA) is 26.3 Å². The molecule has 0 aliphatic heterocycles. The maximum Gasteiger partial charge on any atom is 0.305 e. The lowest BCUT2D eigenvalue weighted by molar-refractivity contribution is -0.138. The molecule has 0 rings (SSSR count). The molecule has 1 radical (unpaired) electrons. The van der Waals surface area contributed by atoms with E-state index in [0.717, 1.165) is 12.8 Å². The Balaban J connectivity index is 2.95. The molecule has 0 fully saturated rings. The van der Waals surface area contributed by atoms with Gasteiger partial charge in [0.15, 0.2) is 0 Å². The van der Waals surface area contributed by atoms with Crippen LogP contribution in [0.5, 0.6) is 0 Å². The summed E-state index contributed by atoms with van der Waals surface area (Å²) in [6.07, 6.45) is 6.31. The van der Waals surface area contributed by atoms with Gasteiger partial charge in [-0.3, -0.25) is 4.79 Å². The van der Waals surface area contributed by atoms with Gasteiger partial charge in [0.1, 0.15) is 7.11 Å². The van der Waals surface area contributed by atoms with Gasteiger partial charge in [0.25, 0.3) is 0 Å². The lowest BCUT2D eigenvalue weighted by Gasteiger charge is -1.98. The highest BCUT2D eigenvalue weighted by Crippen LogP contribution is 2.05. The maximum absolute atomic E-state index is 10.6. The highest BCUT2D eigenvalue weighted by atomic mass is 16.5. The normalized spacial score (nSPS) is 9.64. The molecule has 0 saturated carbocycles. The zero-order chi connectivity index (χ0) is 8.53. The number of unbranched alkanes of at least 4 members (excludes halogenated alkanes) is 4. The second-order valence-corrected chi connectivity index (χ2v) is 2.68. The Kier molecular flexibility index (Phi) is 7.21. The minimum Gasteiger partial charge on any atom is -0.462 e. The van der Waals surface area contributed by atoms with E-state index < -0.39 is 0 Å². The van der Waals surface area contributed by atoms with E-state index >= 15 is 0 Å². The first-order valence-corrected chi connectivity index (χ1v) is 4.26. The van der Waals surface area contributed by atoms with E-state index in [0.29, 0.717) is 6.42 Å². The monoisotopic (exact) mass is 157 g/mol. The molecule has 0 unspecified atom stereocenters. The van der Waals surface area contributed by atoms with Crippen LogP contribution in [0.3, 0.4) is 0 Å². The molecule has 2 heteroatoms. The molecule has 11 heavy (non-hydrogen) atoms. The first kappa shape index (κ1) is 10.5. The van der Waals surface area contributed by atoms with E-state index in [9.17, 15) is 4.79 Å². The van der Waals surface area contributed by atoms with Crippen molar-refractivity contribution in [2.75, 3.05) is 0 Å². The Morgan fingerprint density at radius 3 is 2.45 bits per heavy atom. The van der Waals surface area contributed by atoms with Gasteiger partial charge in [-0.2, -0.15) is 0 Å². The summed E-state index contributed by atoms with van der Waals surface area (Å²) in [6.45, 7) is 2.17. The lowest BCUT2D eigenvalue weighted by Crippen LogP contribution is -1.97. The predicted octanol–water partition coefficient (Wildman–Crippen LogP) is 2.68. The number of carbonyl (C=O) groups is 1. The summed E-state index contributed by atoms with van der Waals surface area (Å²) in [6, 6.07) is 0. The summed E-state index contributed by atoms with van der Waals surface area (Å²) < 4.78 is 4.27. The Bertz CT molecular complexity index is 99.7. The highest BCUT2D eigenvalue weighted by Gasteiger charge is 1.98. The average molecular weight is 157 g/mol. The molecule has 0 aromatic heterocycles. The Morgan fingerprint density at radius 1 is 1.27 bits per heavy atom. The highest BCUT2D eigenvalue weighted by molar-refractivity contribution is 5.69. The number of rotatable bonds is 6. The zero-order valence-electron chi connectivity index (χ0n) is 7.27. The number of hydrogen-bond donors (Lipinski definition) is 0. The summed E-state index contributed by atoms with van der Waals surface area (Å²) in [4.78, 5) is 10.6. The van der Waals surface area contributed by atoms with Crippen LogP contribution in [0.2, 0.25) is 0 Å². The quantitative estimate of drug-likeness (QED) is 0.437. The zero-order valence-corrected chi connectivity index (χ0v) is 7.27. The fourth-order valence-corrected chi connectivity index (χ4v) is 0.945. The van der Waals surface area contributed by atoms with Crippen LogP contribution in [0.15, 0.2) is 0 Å². The third-order valence-corrected chi connectivity index (χ3v) is 1.65. The van der Waals surface area contributed by atoms with E-state index in [1.807, 2.05) is 0 Å². The van der Waals surface area contributed by atoms with E-state index in [1.54, 1.807) is 0 Å². The van der Waals surface area contributed by atoms with Crippen molar-refractivity contribution < 1.29 is 9.53 Å². The van der Waals surface area contributed by atoms with Crippen LogP contribution in [0.25, 0.3) is 0 Å². The molecule has 0 bridgehead atoms. The van der Waals surface area contributed by atoms with E-state index in [1.165, 1.54) is 19.3 Å². The van der Waals surface area contributed by atoms with E-state index in [-0.39, 0.29) is 5.97 Å². The van der Waals surface area contributed by atoms with Gasteiger partial charge in [0, 0.05) is 6.42 Å². The van der Waals surface area contributed by atoms with Crippen molar-refractivity contribution in [3.8, 4) is 0 Å². The molecule has 0 amide bonds. The Labute approximate surface area is 68.9 Å². The van der Waals surface area contributed by atoms with Gasteiger partial charge < -0.3 is 4.74 Å². The van der Waals surface area contributed by atoms with Crippen molar-refractivity contribution in [1.29, 1.82) is 0 Å². The summed E-state index contributed by atoms with van der Waals surface area (Å²) in [5.41, 5.74) is 0. The molecule has 0 spiro atoms.